The van der Waals surface area contributed by atoms with Crippen molar-refractivity contribution in [1.29, 1.82) is 0 Å². The Morgan fingerprint density at radius 3 is 2.13 bits per heavy atom. The molecule has 8 nitrogen and oxygen atoms in total. The van der Waals surface area contributed by atoms with Gasteiger partial charge in [0.15, 0.2) is 11.5 Å². The number of fused-ring (bicyclic) bond motifs is 1. The Hall–Kier alpha value is -4.17. The molecule has 5 rings (SSSR count). The van der Waals surface area contributed by atoms with Gasteiger partial charge in [-0.25, -0.2) is 4.98 Å². The number of carbonyl (C=O) groups excluding carboxylic acids is 1. The van der Waals surface area contributed by atoms with Crippen LogP contribution < -0.4 is 18.9 Å². The molecule has 2 heterocycles. The summed E-state index contributed by atoms with van der Waals surface area (Å²) in [5, 5.41) is 0.213. The molecular formula is C29H28ClN3O5. The molecular weight excluding hydrogens is 506 g/mol. The van der Waals surface area contributed by atoms with Crippen molar-refractivity contribution in [2.45, 2.75) is 26.3 Å². The Morgan fingerprint density at radius 1 is 0.868 bits per heavy atom. The third-order valence-electron chi connectivity index (χ3n) is 6.42. The van der Waals surface area contributed by atoms with E-state index < -0.39 is 0 Å². The minimum absolute atomic E-state index is 0.180. The van der Waals surface area contributed by atoms with Gasteiger partial charge in [0.05, 0.1) is 31.4 Å². The van der Waals surface area contributed by atoms with E-state index in [0.29, 0.717) is 43.3 Å². The number of imidazole rings is 1. The summed E-state index contributed by atoms with van der Waals surface area (Å²) in [6.07, 6.45) is 3.67. The molecule has 0 fully saturated rings. The topological polar surface area (TPSA) is 75.1 Å². The highest BCUT2D eigenvalue weighted by Crippen LogP contribution is 2.39. The summed E-state index contributed by atoms with van der Waals surface area (Å²) in [7, 11) is 3.25. The number of rotatable bonds is 9. The van der Waals surface area contributed by atoms with Gasteiger partial charge < -0.3 is 28.4 Å². The number of nitrogens with zero attached hydrogens (tertiary/aromatic N) is 3. The van der Waals surface area contributed by atoms with Crippen LogP contribution in [0.25, 0.3) is 0 Å². The second kappa shape index (κ2) is 11.5. The minimum atomic E-state index is -0.180. The quantitative estimate of drug-likeness (QED) is 0.288. The van der Waals surface area contributed by atoms with Gasteiger partial charge in [-0.2, -0.15) is 0 Å². The van der Waals surface area contributed by atoms with Crippen LogP contribution in [0, 0.1) is 0 Å². The van der Waals surface area contributed by atoms with E-state index in [1.807, 2.05) is 59.3 Å². The number of carbonyl (C=O) groups is 1. The van der Waals surface area contributed by atoms with Crippen molar-refractivity contribution in [1.82, 2.24) is 14.5 Å². The van der Waals surface area contributed by atoms with Gasteiger partial charge in [0.1, 0.15) is 30.5 Å². The first-order chi connectivity index (χ1) is 18.6. The van der Waals surface area contributed by atoms with Crippen LogP contribution in [0.1, 0.15) is 27.3 Å². The van der Waals surface area contributed by atoms with Crippen molar-refractivity contribution in [3.05, 3.63) is 101 Å². The zero-order chi connectivity index (χ0) is 26.5. The van der Waals surface area contributed by atoms with Gasteiger partial charge in [-0.15, -0.1) is 0 Å². The highest BCUT2D eigenvalue weighted by atomic mass is 35.5. The van der Waals surface area contributed by atoms with E-state index in [-0.39, 0.29) is 17.5 Å². The van der Waals surface area contributed by atoms with Crippen molar-refractivity contribution in [3.63, 3.8) is 0 Å². The van der Waals surface area contributed by atoms with E-state index in [0.717, 1.165) is 28.5 Å². The van der Waals surface area contributed by atoms with E-state index in [2.05, 4.69) is 4.98 Å². The van der Waals surface area contributed by atoms with Crippen molar-refractivity contribution in [2.75, 3.05) is 20.8 Å². The average Bonchev–Trinajstić information content (AvgIpc) is 3.44. The lowest BCUT2D eigenvalue weighted by molar-refractivity contribution is 0.0707. The summed E-state index contributed by atoms with van der Waals surface area (Å²) in [6, 6.07) is 18.6. The van der Waals surface area contributed by atoms with Gasteiger partial charge in [0.2, 0.25) is 0 Å². The predicted molar refractivity (Wildman–Crippen MR) is 143 cm³/mol. The molecule has 0 saturated carbocycles. The van der Waals surface area contributed by atoms with Crippen LogP contribution in [0.4, 0.5) is 0 Å². The molecule has 9 heteroatoms. The van der Waals surface area contributed by atoms with E-state index >= 15 is 0 Å². The van der Waals surface area contributed by atoms with Crippen LogP contribution in [0.2, 0.25) is 5.02 Å². The third-order valence-corrected chi connectivity index (χ3v) is 6.79. The molecule has 1 amide bonds. The summed E-state index contributed by atoms with van der Waals surface area (Å²) in [6.45, 7) is 2.20. The number of hydrogen-bond donors (Lipinski definition) is 0. The normalized spacial score (nSPS) is 12.6. The van der Waals surface area contributed by atoms with Crippen molar-refractivity contribution in [2.24, 2.45) is 0 Å². The van der Waals surface area contributed by atoms with Crippen LogP contribution in [-0.4, -0.2) is 41.1 Å². The summed E-state index contributed by atoms with van der Waals surface area (Å²) in [5.74, 6) is 2.95. The standard InChI is InChI=1S/C29H28ClN3O5/c1-35-22-7-3-20(4-8-22)18-37-25-12-11-24(29(34)33-16-15-32-14-13-31-26(32)17-33)27(30)28(25)38-19-21-5-9-23(36-2)10-6-21/h3-14H,15-19H2,1-2H3. The fourth-order valence-electron chi connectivity index (χ4n) is 4.23. The Balaban J connectivity index is 1.39. The SMILES string of the molecule is COc1ccc(COc2ccc(C(=O)N3CCn4ccnc4C3)c(Cl)c2OCc2ccc(OC)cc2)cc1. The van der Waals surface area contributed by atoms with Crippen LogP contribution in [-0.2, 0) is 26.3 Å². The van der Waals surface area contributed by atoms with Gasteiger partial charge in [0, 0.05) is 25.5 Å². The predicted octanol–water partition coefficient (Wildman–Crippen LogP) is 5.37. The highest BCUT2D eigenvalue weighted by Gasteiger charge is 2.26. The fourth-order valence-corrected chi connectivity index (χ4v) is 4.52. The molecule has 3 aromatic carbocycles. The van der Waals surface area contributed by atoms with Crippen LogP contribution in [0.15, 0.2) is 73.1 Å². The second-order valence-corrected chi connectivity index (χ2v) is 9.17. The number of halogens is 1. The van der Waals surface area contributed by atoms with Crippen molar-refractivity contribution < 1.29 is 23.7 Å². The van der Waals surface area contributed by atoms with Crippen LogP contribution in [0.3, 0.4) is 0 Å². The lowest BCUT2D eigenvalue weighted by Gasteiger charge is -2.28. The molecule has 1 aliphatic rings. The Labute approximate surface area is 226 Å². The number of benzene rings is 3. The lowest BCUT2D eigenvalue weighted by atomic mass is 10.1. The summed E-state index contributed by atoms with van der Waals surface area (Å²) >= 11 is 6.83. The van der Waals surface area contributed by atoms with Crippen molar-refractivity contribution >= 4 is 17.5 Å². The zero-order valence-electron chi connectivity index (χ0n) is 21.2. The molecule has 4 aromatic rings. The summed E-state index contributed by atoms with van der Waals surface area (Å²) in [5.41, 5.74) is 2.22. The number of amides is 1. The Kier molecular flexibility index (Phi) is 7.70. The van der Waals surface area contributed by atoms with Gasteiger partial charge >= 0.3 is 0 Å². The zero-order valence-corrected chi connectivity index (χ0v) is 22.0. The maximum Gasteiger partial charge on any atom is 0.255 e. The fraction of sp³-hybridized carbons (Fsp3) is 0.241. The molecule has 0 spiro atoms. The molecule has 0 bridgehead atoms. The monoisotopic (exact) mass is 533 g/mol. The van der Waals surface area contributed by atoms with E-state index in [1.54, 1.807) is 37.4 Å². The van der Waals surface area contributed by atoms with E-state index in [4.69, 9.17) is 30.5 Å². The van der Waals surface area contributed by atoms with E-state index in [1.165, 1.54) is 0 Å². The molecule has 196 valence electrons. The second-order valence-electron chi connectivity index (χ2n) is 8.79. The molecule has 0 atom stereocenters. The summed E-state index contributed by atoms with van der Waals surface area (Å²) < 4.78 is 24.8. The third kappa shape index (κ3) is 5.55. The van der Waals surface area contributed by atoms with E-state index in [9.17, 15) is 4.79 Å². The molecule has 0 saturated heterocycles. The Morgan fingerprint density at radius 2 is 1.50 bits per heavy atom. The first-order valence-electron chi connectivity index (χ1n) is 12.2. The van der Waals surface area contributed by atoms with Gasteiger partial charge in [-0.05, 0) is 47.5 Å². The smallest absolute Gasteiger partial charge is 0.255 e. The maximum atomic E-state index is 13.5. The molecule has 0 N–H and O–H groups in total. The molecule has 0 unspecified atom stereocenters. The van der Waals surface area contributed by atoms with Gasteiger partial charge in [0.25, 0.3) is 5.91 Å². The lowest BCUT2D eigenvalue weighted by Crippen LogP contribution is -2.38. The molecule has 0 aliphatic carbocycles. The maximum absolute atomic E-state index is 13.5. The Bertz CT molecular complexity index is 1400. The van der Waals surface area contributed by atoms with Gasteiger partial charge in [-0.3, -0.25) is 4.79 Å². The minimum Gasteiger partial charge on any atom is -0.497 e. The molecule has 1 aromatic heterocycles. The summed E-state index contributed by atoms with van der Waals surface area (Å²) in [4.78, 5) is 19.6. The first-order valence-corrected chi connectivity index (χ1v) is 12.6. The number of aromatic nitrogens is 2. The molecule has 1 aliphatic heterocycles. The number of methoxy groups -OCH3 is 2. The highest BCUT2D eigenvalue weighted by molar-refractivity contribution is 6.35. The largest absolute Gasteiger partial charge is 0.497 e. The number of hydrogen-bond acceptors (Lipinski definition) is 6. The first kappa shape index (κ1) is 25.5. The van der Waals surface area contributed by atoms with Crippen molar-refractivity contribution in [3.8, 4) is 23.0 Å². The van der Waals surface area contributed by atoms with Crippen LogP contribution in [0.5, 0.6) is 23.0 Å². The molecule has 38 heavy (non-hydrogen) atoms. The average molecular weight is 534 g/mol. The molecule has 0 radical (unpaired) electrons. The van der Waals surface area contributed by atoms with Gasteiger partial charge in [-0.1, -0.05) is 35.9 Å². The van der Waals surface area contributed by atoms with Crippen LogP contribution >= 0.6 is 11.6 Å². The number of ether oxygens (including phenoxy) is 4.